The van der Waals surface area contributed by atoms with Crippen molar-refractivity contribution in [2.45, 2.75) is 44.8 Å². The molecular weight excluding hydrogens is 481 g/mol. The van der Waals surface area contributed by atoms with Gasteiger partial charge in [0.2, 0.25) is 0 Å². The molecule has 0 bridgehead atoms. The quantitative estimate of drug-likeness (QED) is 0.443. The molecule has 5 rings (SSSR count). The average molecular weight is 513 g/mol. The predicted molar refractivity (Wildman–Crippen MR) is 146 cm³/mol. The molecule has 2 aromatic carbocycles. The molecule has 38 heavy (non-hydrogen) atoms. The summed E-state index contributed by atoms with van der Waals surface area (Å²) in [6.45, 7) is 8.35. The van der Waals surface area contributed by atoms with E-state index >= 15 is 0 Å². The van der Waals surface area contributed by atoms with Crippen LogP contribution in [-0.2, 0) is 14.0 Å². The highest BCUT2D eigenvalue weighted by Gasteiger charge is 2.52. The SMILES string of the molecule is COc1ncc(C=C(CNC(=O)OCC2c3ccccc3-c3ccccc32)B2OC(C)(C)C(C)(C)O2)cn1. The number of alkyl carbamates (subject to hydrolysis) is 1. The fraction of sp³-hybridized carbons (Fsp3) is 0.345. The van der Waals surface area contributed by atoms with Crippen molar-refractivity contribution in [1.29, 1.82) is 0 Å². The van der Waals surface area contributed by atoms with Gasteiger partial charge in [0.1, 0.15) is 6.61 Å². The molecule has 2 heterocycles. The number of nitrogens with zero attached hydrogens (tertiary/aromatic N) is 2. The lowest BCUT2D eigenvalue weighted by atomic mass is 9.77. The number of hydrogen-bond acceptors (Lipinski definition) is 7. The Morgan fingerprint density at radius 2 is 1.53 bits per heavy atom. The van der Waals surface area contributed by atoms with Gasteiger partial charge in [0.25, 0.3) is 0 Å². The number of nitrogens with one attached hydrogen (secondary N) is 1. The summed E-state index contributed by atoms with van der Waals surface area (Å²) in [6.07, 6.45) is 4.63. The van der Waals surface area contributed by atoms with Gasteiger partial charge in [-0.3, -0.25) is 0 Å². The molecule has 2 aliphatic rings. The fourth-order valence-electron chi connectivity index (χ4n) is 4.74. The highest BCUT2D eigenvalue weighted by Crippen LogP contribution is 2.44. The van der Waals surface area contributed by atoms with E-state index in [1.807, 2.05) is 58.0 Å². The minimum atomic E-state index is -0.656. The number of carbonyl (C=O) groups excluding carboxylic acids is 1. The summed E-state index contributed by atoms with van der Waals surface area (Å²) < 4.78 is 23.3. The number of ether oxygens (including phenoxy) is 2. The van der Waals surface area contributed by atoms with Crippen LogP contribution in [0.2, 0.25) is 0 Å². The zero-order valence-electron chi connectivity index (χ0n) is 22.4. The van der Waals surface area contributed by atoms with E-state index in [0.717, 1.165) is 5.56 Å². The molecule has 1 saturated heterocycles. The van der Waals surface area contributed by atoms with Gasteiger partial charge in [-0.05, 0) is 55.4 Å². The van der Waals surface area contributed by atoms with E-state index in [0.29, 0.717) is 5.47 Å². The maximum Gasteiger partial charge on any atom is 0.492 e. The number of benzene rings is 2. The standard InChI is InChI=1S/C29H32BN3O5/c1-28(2)29(3,4)38-30(37-28)20(14-19-15-31-26(35-5)32-16-19)17-33-27(34)36-18-25-23-12-8-6-10-21(23)22-11-7-9-13-24(22)25/h6-16,25H,17-18H2,1-5H3,(H,33,34). The van der Waals surface area contributed by atoms with Crippen molar-refractivity contribution < 1.29 is 23.6 Å². The number of fused-ring (bicyclic) bond motifs is 3. The predicted octanol–water partition coefficient (Wildman–Crippen LogP) is 5.04. The van der Waals surface area contributed by atoms with Crippen molar-refractivity contribution in [1.82, 2.24) is 15.3 Å². The molecule has 9 heteroatoms. The Balaban J connectivity index is 1.29. The first-order chi connectivity index (χ1) is 18.2. The summed E-state index contributed by atoms with van der Waals surface area (Å²) in [4.78, 5) is 21.2. The lowest BCUT2D eigenvalue weighted by Gasteiger charge is -2.32. The topological polar surface area (TPSA) is 91.8 Å². The van der Waals surface area contributed by atoms with Gasteiger partial charge in [-0.15, -0.1) is 0 Å². The van der Waals surface area contributed by atoms with E-state index < -0.39 is 24.4 Å². The van der Waals surface area contributed by atoms with Crippen LogP contribution < -0.4 is 10.1 Å². The first kappa shape index (κ1) is 25.9. The van der Waals surface area contributed by atoms with E-state index in [2.05, 4.69) is 39.6 Å². The molecule has 1 aromatic heterocycles. The third-order valence-electron chi connectivity index (χ3n) is 7.52. The van der Waals surface area contributed by atoms with Crippen LogP contribution in [0, 0.1) is 0 Å². The maximum absolute atomic E-state index is 12.9. The number of aromatic nitrogens is 2. The van der Waals surface area contributed by atoms with Crippen molar-refractivity contribution in [3.05, 3.63) is 83.1 Å². The molecular formula is C29H32BN3O5. The summed E-state index contributed by atoms with van der Waals surface area (Å²) in [5.41, 5.74) is 5.08. The maximum atomic E-state index is 12.9. The highest BCUT2D eigenvalue weighted by molar-refractivity contribution is 6.56. The number of rotatable bonds is 7. The molecule has 1 amide bonds. The summed E-state index contributed by atoms with van der Waals surface area (Å²) in [7, 11) is 0.856. The number of amides is 1. The second-order valence-corrected chi connectivity index (χ2v) is 10.5. The van der Waals surface area contributed by atoms with Crippen LogP contribution in [0.5, 0.6) is 6.01 Å². The van der Waals surface area contributed by atoms with E-state index in [4.69, 9.17) is 18.8 Å². The zero-order valence-corrected chi connectivity index (χ0v) is 22.4. The first-order valence-corrected chi connectivity index (χ1v) is 12.7. The number of hydrogen-bond donors (Lipinski definition) is 1. The summed E-state index contributed by atoms with van der Waals surface area (Å²) >= 11 is 0. The minimum absolute atomic E-state index is 0.0114. The van der Waals surface area contributed by atoms with Crippen LogP contribution in [0.25, 0.3) is 17.2 Å². The lowest BCUT2D eigenvalue weighted by Crippen LogP contribution is -2.41. The van der Waals surface area contributed by atoms with Crippen LogP contribution in [0.15, 0.2) is 66.4 Å². The van der Waals surface area contributed by atoms with Gasteiger partial charge >= 0.3 is 19.2 Å². The summed E-state index contributed by atoms with van der Waals surface area (Å²) in [5, 5.41) is 2.87. The monoisotopic (exact) mass is 513 g/mol. The van der Waals surface area contributed by atoms with Crippen LogP contribution in [0.1, 0.15) is 50.3 Å². The second kappa shape index (κ2) is 10.2. The van der Waals surface area contributed by atoms with Gasteiger partial charge in [0.05, 0.1) is 18.3 Å². The summed E-state index contributed by atoms with van der Waals surface area (Å²) in [5.74, 6) is -0.0114. The molecule has 8 nitrogen and oxygen atoms in total. The Labute approximate surface area is 223 Å². The van der Waals surface area contributed by atoms with Crippen LogP contribution in [0.4, 0.5) is 4.79 Å². The molecule has 0 unspecified atom stereocenters. The van der Waals surface area contributed by atoms with E-state index in [1.54, 1.807) is 12.4 Å². The van der Waals surface area contributed by atoms with Crippen molar-refractivity contribution in [2.24, 2.45) is 0 Å². The largest absolute Gasteiger partial charge is 0.492 e. The van der Waals surface area contributed by atoms with Crippen molar-refractivity contribution in [3.63, 3.8) is 0 Å². The van der Waals surface area contributed by atoms with Crippen molar-refractivity contribution >= 4 is 19.3 Å². The zero-order chi connectivity index (χ0) is 26.9. The Kier molecular flexibility index (Phi) is 6.98. The molecule has 1 aliphatic carbocycles. The van der Waals surface area contributed by atoms with E-state index in [-0.39, 0.29) is 25.1 Å². The Morgan fingerprint density at radius 3 is 2.08 bits per heavy atom. The summed E-state index contributed by atoms with van der Waals surface area (Å²) in [6, 6.07) is 16.8. The molecule has 0 atom stereocenters. The van der Waals surface area contributed by atoms with Gasteiger partial charge in [0.15, 0.2) is 0 Å². The van der Waals surface area contributed by atoms with Crippen LogP contribution in [-0.4, -0.2) is 54.6 Å². The Morgan fingerprint density at radius 1 is 0.974 bits per heavy atom. The normalized spacial score (nSPS) is 17.6. The molecule has 1 aliphatic heterocycles. The van der Waals surface area contributed by atoms with Crippen LogP contribution in [0.3, 0.4) is 0 Å². The molecule has 196 valence electrons. The average Bonchev–Trinajstić information content (AvgIpc) is 3.34. The van der Waals surface area contributed by atoms with Crippen molar-refractivity contribution in [3.8, 4) is 17.1 Å². The van der Waals surface area contributed by atoms with E-state index in [1.165, 1.54) is 29.4 Å². The number of methoxy groups -OCH3 is 1. The third kappa shape index (κ3) is 5.04. The Bertz CT molecular complexity index is 1290. The molecule has 3 aromatic rings. The van der Waals surface area contributed by atoms with Gasteiger partial charge in [-0.2, -0.15) is 0 Å². The fourth-order valence-corrected chi connectivity index (χ4v) is 4.74. The van der Waals surface area contributed by atoms with Crippen molar-refractivity contribution in [2.75, 3.05) is 20.3 Å². The van der Waals surface area contributed by atoms with Crippen LogP contribution >= 0.6 is 0 Å². The first-order valence-electron chi connectivity index (χ1n) is 12.7. The Hall–Kier alpha value is -3.69. The highest BCUT2D eigenvalue weighted by atomic mass is 16.7. The third-order valence-corrected chi connectivity index (χ3v) is 7.52. The van der Waals surface area contributed by atoms with Gasteiger partial charge < -0.3 is 24.1 Å². The lowest BCUT2D eigenvalue weighted by molar-refractivity contribution is 0.00578. The molecule has 0 radical (unpaired) electrons. The molecule has 0 saturated carbocycles. The molecule has 0 spiro atoms. The van der Waals surface area contributed by atoms with E-state index in [9.17, 15) is 4.79 Å². The van der Waals surface area contributed by atoms with Gasteiger partial charge in [-0.25, -0.2) is 14.8 Å². The second-order valence-electron chi connectivity index (χ2n) is 10.5. The van der Waals surface area contributed by atoms with Gasteiger partial charge in [-0.1, -0.05) is 54.6 Å². The molecule has 1 fully saturated rings. The number of carbonyl (C=O) groups is 1. The van der Waals surface area contributed by atoms with Gasteiger partial charge in [0, 0.05) is 30.4 Å². The minimum Gasteiger partial charge on any atom is -0.467 e. The smallest absolute Gasteiger partial charge is 0.467 e. The molecule has 1 N–H and O–H groups in total.